The molecule has 0 aliphatic carbocycles. The standard InChI is InChI=1S/C20H27N3O3/c1-20(2,26)10-9-15-5-7-16(8-6-15)19(25)22-11-13-23-12-3-4-17(14-23)18(21)24/h5-8,17,26H,3-4,11-14H2,1-2H3,(H2,21,24)(H,22,25). The van der Waals surface area contributed by atoms with Crippen LogP contribution in [0, 0.1) is 17.8 Å². The van der Waals surface area contributed by atoms with Crippen LogP contribution in [0.5, 0.6) is 0 Å². The van der Waals surface area contributed by atoms with E-state index in [-0.39, 0.29) is 17.7 Å². The summed E-state index contributed by atoms with van der Waals surface area (Å²) in [5.41, 5.74) is 5.64. The van der Waals surface area contributed by atoms with E-state index >= 15 is 0 Å². The second-order valence-corrected chi connectivity index (χ2v) is 7.18. The summed E-state index contributed by atoms with van der Waals surface area (Å²) in [6.07, 6.45) is 1.80. The van der Waals surface area contributed by atoms with Crippen molar-refractivity contribution in [1.82, 2.24) is 10.2 Å². The van der Waals surface area contributed by atoms with Gasteiger partial charge >= 0.3 is 0 Å². The van der Waals surface area contributed by atoms with Crippen LogP contribution >= 0.6 is 0 Å². The maximum Gasteiger partial charge on any atom is 0.251 e. The predicted octanol–water partition coefficient (Wildman–Crippen LogP) is 0.736. The van der Waals surface area contributed by atoms with Crippen molar-refractivity contribution in [2.45, 2.75) is 32.3 Å². The van der Waals surface area contributed by atoms with Crippen LogP contribution in [0.4, 0.5) is 0 Å². The van der Waals surface area contributed by atoms with Gasteiger partial charge < -0.3 is 21.1 Å². The molecular weight excluding hydrogens is 330 g/mol. The predicted molar refractivity (Wildman–Crippen MR) is 100 cm³/mol. The molecule has 4 N–H and O–H groups in total. The quantitative estimate of drug-likeness (QED) is 0.677. The number of nitrogens with two attached hydrogens (primary N) is 1. The summed E-state index contributed by atoms with van der Waals surface area (Å²) in [6.45, 7) is 6.05. The van der Waals surface area contributed by atoms with Gasteiger partial charge in [0.15, 0.2) is 0 Å². The summed E-state index contributed by atoms with van der Waals surface area (Å²) in [5, 5.41) is 12.5. The Morgan fingerprint density at radius 2 is 2.04 bits per heavy atom. The average molecular weight is 357 g/mol. The molecule has 26 heavy (non-hydrogen) atoms. The molecule has 1 atom stereocenters. The monoisotopic (exact) mass is 357 g/mol. The number of primary amides is 1. The lowest BCUT2D eigenvalue weighted by atomic mass is 9.97. The zero-order valence-electron chi connectivity index (χ0n) is 15.4. The van der Waals surface area contributed by atoms with Gasteiger partial charge in [0.1, 0.15) is 5.60 Å². The normalized spacial score (nSPS) is 17.9. The van der Waals surface area contributed by atoms with Gasteiger partial charge in [0.05, 0.1) is 5.92 Å². The Hall–Kier alpha value is -2.36. The van der Waals surface area contributed by atoms with E-state index < -0.39 is 5.60 Å². The number of nitrogens with zero attached hydrogens (tertiary/aromatic N) is 1. The first kappa shape index (κ1) is 20.0. The van der Waals surface area contributed by atoms with E-state index in [1.165, 1.54) is 0 Å². The van der Waals surface area contributed by atoms with Gasteiger partial charge in [-0.25, -0.2) is 0 Å². The smallest absolute Gasteiger partial charge is 0.251 e. The molecule has 0 aromatic heterocycles. The van der Waals surface area contributed by atoms with Crippen molar-refractivity contribution in [2.24, 2.45) is 11.7 Å². The maximum absolute atomic E-state index is 12.2. The minimum absolute atomic E-state index is 0.0861. The second kappa shape index (κ2) is 8.84. The van der Waals surface area contributed by atoms with Gasteiger partial charge in [0.2, 0.25) is 5.91 Å². The van der Waals surface area contributed by atoms with Crippen LogP contribution < -0.4 is 11.1 Å². The number of hydrogen-bond acceptors (Lipinski definition) is 4. The zero-order valence-corrected chi connectivity index (χ0v) is 15.4. The molecule has 140 valence electrons. The molecule has 1 fully saturated rings. The minimum Gasteiger partial charge on any atom is -0.378 e. The van der Waals surface area contributed by atoms with Gasteiger partial charge in [0, 0.05) is 30.8 Å². The molecule has 6 heteroatoms. The van der Waals surface area contributed by atoms with Crippen molar-refractivity contribution in [3.8, 4) is 11.8 Å². The Morgan fingerprint density at radius 3 is 2.65 bits per heavy atom. The van der Waals surface area contributed by atoms with E-state index in [1.807, 2.05) is 0 Å². The fourth-order valence-corrected chi connectivity index (χ4v) is 2.85. The maximum atomic E-state index is 12.2. The number of carbonyl (C=O) groups excluding carboxylic acids is 2. The van der Waals surface area contributed by atoms with Crippen molar-refractivity contribution in [3.63, 3.8) is 0 Å². The summed E-state index contributed by atoms with van der Waals surface area (Å²) in [6, 6.07) is 6.95. The van der Waals surface area contributed by atoms with Gasteiger partial charge in [-0.2, -0.15) is 0 Å². The molecule has 2 amide bonds. The molecule has 1 aromatic rings. The van der Waals surface area contributed by atoms with Gasteiger partial charge in [-0.05, 0) is 57.5 Å². The number of benzene rings is 1. The minimum atomic E-state index is -1.04. The molecule has 1 heterocycles. The molecule has 1 unspecified atom stereocenters. The average Bonchev–Trinajstić information content (AvgIpc) is 2.60. The lowest BCUT2D eigenvalue weighted by molar-refractivity contribution is -0.123. The van der Waals surface area contributed by atoms with Gasteiger partial charge in [-0.3, -0.25) is 9.59 Å². The molecule has 0 spiro atoms. The third kappa shape index (κ3) is 6.51. The van der Waals surface area contributed by atoms with Crippen LogP contribution in [0.3, 0.4) is 0 Å². The number of nitrogens with one attached hydrogen (secondary N) is 1. The number of amides is 2. The summed E-state index contributed by atoms with van der Waals surface area (Å²) in [5.74, 6) is 5.14. The topological polar surface area (TPSA) is 95.7 Å². The largest absolute Gasteiger partial charge is 0.378 e. The number of aliphatic hydroxyl groups is 1. The molecule has 1 aromatic carbocycles. The number of rotatable bonds is 5. The first-order chi connectivity index (χ1) is 12.2. The van der Waals surface area contributed by atoms with Crippen LogP contribution in [-0.4, -0.2) is 53.6 Å². The van der Waals surface area contributed by atoms with E-state index in [1.54, 1.807) is 38.1 Å². The highest BCUT2D eigenvalue weighted by Crippen LogP contribution is 2.15. The molecular formula is C20H27N3O3. The van der Waals surface area contributed by atoms with Crippen molar-refractivity contribution in [3.05, 3.63) is 35.4 Å². The lowest BCUT2D eigenvalue weighted by Gasteiger charge is -2.31. The molecule has 0 bridgehead atoms. The van der Waals surface area contributed by atoms with Crippen molar-refractivity contribution in [2.75, 3.05) is 26.2 Å². The first-order valence-electron chi connectivity index (χ1n) is 8.90. The van der Waals surface area contributed by atoms with Gasteiger partial charge in [-0.1, -0.05) is 11.8 Å². The Morgan fingerprint density at radius 1 is 1.35 bits per heavy atom. The van der Waals surface area contributed by atoms with Crippen LogP contribution in [0.25, 0.3) is 0 Å². The highest BCUT2D eigenvalue weighted by molar-refractivity contribution is 5.94. The van der Waals surface area contributed by atoms with Gasteiger partial charge in [0.25, 0.3) is 5.91 Å². The highest BCUT2D eigenvalue weighted by atomic mass is 16.3. The van der Waals surface area contributed by atoms with E-state index in [0.29, 0.717) is 25.2 Å². The van der Waals surface area contributed by atoms with Crippen molar-refractivity contribution < 1.29 is 14.7 Å². The Bertz CT molecular complexity index is 696. The van der Waals surface area contributed by atoms with Crippen molar-refractivity contribution in [1.29, 1.82) is 0 Å². The number of hydrogen-bond donors (Lipinski definition) is 3. The Labute approximate surface area is 154 Å². The third-order valence-corrected chi connectivity index (χ3v) is 4.28. The lowest BCUT2D eigenvalue weighted by Crippen LogP contribution is -2.44. The summed E-state index contributed by atoms with van der Waals surface area (Å²) < 4.78 is 0. The zero-order chi connectivity index (χ0) is 19.2. The van der Waals surface area contributed by atoms with Crippen LogP contribution in [0.1, 0.15) is 42.6 Å². The molecule has 6 nitrogen and oxygen atoms in total. The molecule has 1 saturated heterocycles. The summed E-state index contributed by atoms with van der Waals surface area (Å²) in [4.78, 5) is 25.7. The molecule has 0 saturated carbocycles. The van der Waals surface area contributed by atoms with Crippen molar-refractivity contribution >= 4 is 11.8 Å². The van der Waals surface area contributed by atoms with Crippen LogP contribution in [0.15, 0.2) is 24.3 Å². The number of likely N-dealkylation sites (tertiary alicyclic amines) is 1. The first-order valence-corrected chi connectivity index (χ1v) is 8.90. The second-order valence-electron chi connectivity index (χ2n) is 7.18. The van der Waals surface area contributed by atoms with Crippen LogP contribution in [0.2, 0.25) is 0 Å². The SMILES string of the molecule is CC(C)(O)C#Cc1ccc(C(=O)NCCN2CCCC(C(N)=O)C2)cc1. The Balaban J connectivity index is 1.80. The molecule has 1 aliphatic rings. The Kier molecular flexibility index (Phi) is 6.78. The third-order valence-electron chi connectivity index (χ3n) is 4.28. The number of carbonyl (C=O) groups is 2. The van der Waals surface area contributed by atoms with Gasteiger partial charge in [-0.15, -0.1) is 0 Å². The molecule has 0 radical (unpaired) electrons. The summed E-state index contributed by atoms with van der Waals surface area (Å²) in [7, 11) is 0. The van der Waals surface area contributed by atoms with E-state index in [2.05, 4.69) is 22.1 Å². The van der Waals surface area contributed by atoms with E-state index in [9.17, 15) is 14.7 Å². The fourth-order valence-electron chi connectivity index (χ4n) is 2.85. The fraction of sp³-hybridized carbons (Fsp3) is 0.500. The molecule has 1 aliphatic heterocycles. The molecule has 2 rings (SSSR count). The summed E-state index contributed by atoms with van der Waals surface area (Å²) >= 11 is 0. The highest BCUT2D eigenvalue weighted by Gasteiger charge is 2.23. The van der Waals surface area contributed by atoms with E-state index in [0.717, 1.165) is 24.9 Å². The van der Waals surface area contributed by atoms with E-state index in [4.69, 9.17) is 5.73 Å². The van der Waals surface area contributed by atoms with Crippen LogP contribution in [-0.2, 0) is 4.79 Å². The number of piperidine rings is 1.